The van der Waals surface area contributed by atoms with Gasteiger partial charge in [-0.3, -0.25) is 77.6 Å². The van der Waals surface area contributed by atoms with Gasteiger partial charge in [0, 0.05) is 104 Å². The molecule has 2 saturated heterocycles. The number of aromatic amines is 2. The molecule has 26 heteroatoms. The van der Waals surface area contributed by atoms with Crippen LogP contribution in [-0.4, -0.2) is 120 Å². The highest BCUT2D eigenvalue weighted by Gasteiger charge is 2.46. The molecule has 4 aliphatic rings. The minimum atomic E-state index is -1.32. The molecule has 90 heavy (non-hydrogen) atoms. The number of ether oxygens (including phenoxy) is 6. The fourth-order valence-corrected chi connectivity index (χ4v) is 12.5. The lowest BCUT2D eigenvalue weighted by molar-refractivity contribution is -0.0312. The Labute approximate surface area is 504 Å². The van der Waals surface area contributed by atoms with E-state index in [9.17, 15) is 29.4 Å². The minimum Gasteiger partial charge on any atom is -0.455 e. The molecular weight excluding hydrogens is 1160 g/mol. The van der Waals surface area contributed by atoms with Gasteiger partial charge in [0.25, 0.3) is 34.7 Å². The Morgan fingerprint density at radius 1 is 0.456 bits per heavy atom. The van der Waals surface area contributed by atoms with Gasteiger partial charge in [-0.1, -0.05) is 0 Å². The van der Waals surface area contributed by atoms with Crippen molar-refractivity contribution in [1.82, 2.24) is 48.8 Å². The number of fused-ring (bicyclic) bond motifs is 2. The number of nitrogens with one attached hydrogen (secondary N) is 2. The third kappa shape index (κ3) is 9.02. The molecule has 5 aromatic carbocycles. The number of aryl methyl sites for hydroxylation is 2. The number of H-pyrrole nitrogens is 2. The molecule has 10 heterocycles. The molecule has 6 atom stereocenters. The van der Waals surface area contributed by atoms with Crippen molar-refractivity contribution >= 4 is 66.7 Å². The molecule has 0 spiro atoms. The Balaban J connectivity index is 0.995. The number of carbonyl (C=O) groups excluding carboxylic acids is 4. The van der Waals surface area contributed by atoms with Gasteiger partial charge in [-0.25, -0.2) is 9.59 Å². The predicted octanol–water partition coefficient (Wildman–Crippen LogP) is 6.69. The summed E-state index contributed by atoms with van der Waals surface area (Å²) in [6.07, 6.45) is 6.89. The van der Waals surface area contributed by atoms with Crippen molar-refractivity contribution < 1.29 is 57.8 Å². The van der Waals surface area contributed by atoms with Gasteiger partial charge < -0.3 is 38.6 Å². The number of hydrogen-bond donors (Lipinski definition) is 4. The first-order valence-corrected chi connectivity index (χ1v) is 28.3. The summed E-state index contributed by atoms with van der Waals surface area (Å²) in [5.41, 5.74) is -2.64. The van der Waals surface area contributed by atoms with Crippen LogP contribution in [0, 0.1) is 13.8 Å². The molecule has 4 amide bonds. The average Bonchev–Trinajstić information content (AvgIpc) is 0.809. The van der Waals surface area contributed by atoms with Gasteiger partial charge in [0.05, 0.1) is 72.3 Å². The van der Waals surface area contributed by atoms with E-state index >= 15 is 19.2 Å². The molecule has 6 aromatic heterocycles. The summed E-state index contributed by atoms with van der Waals surface area (Å²) >= 11 is 0. The maximum Gasteiger partial charge on any atom is 0.330 e. The molecule has 4 aliphatic heterocycles. The van der Waals surface area contributed by atoms with Gasteiger partial charge in [-0.15, -0.1) is 0 Å². The van der Waals surface area contributed by atoms with Gasteiger partial charge in [0.15, 0.2) is 0 Å². The summed E-state index contributed by atoms with van der Waals surface area (Å²) in [7, 11) is 0. The van der Waals surface area contributed by atoms with Crippen LogP contribution in [0.25, 0.3) is 43.1 Å². The molecule has 4 N–H and O–H groups in total. The zero-order chi connectivity index (χ0) is 62.0. The van der Waals surface area contributed by atoms with Crippen LogP contribution in [-0.2, 0) is 9.47 Å². The number of aliphatic hydroxyl groups excluding tert-OH is 2. The highest BCUT2D eigenvalue weighted by atomic mass is 16.5. The number of aliphatic hydroxyl groups is 2. The number of rotatable bonds is 14. The number of aromatic nitrogens is 8. The Morgan fingerprint density at radius 2 is 0.756 bits per heavy atom. The van der Waals surface area contributed by atoms with Crippen LogP contribution in [0.15, 0.2) is 154 Å². The molecule has 0 radical (unpaired) electrons. The number of amides is 4. The lowest BCUT2D eigenvalue weighted by Gasteiger charge is -2.33. The fraction of sp³-hybridized carbons (Fsp3) is 0.188. The van der Waals surface area contributed by atoms with Crippen molar-refractivity contribution in [2.45, 2.75) is 63.6 Å². The standard InChI is InChI=1S/C64H46N10O16/c1-29-25-71(63(83)69-57(29)77)47-19-39(75)45(89-47)27-73-59(79)35-15-41(85-31-7-3-11-65-21-31)51-53-43(87-33-9-5-13-67-23-33)17-37-50-38(62(82)74(61(37)81)28-46-40(76)20-48(90-46)72-26-30(2)58(78)70-64(72)84)18-44(88-34-10-6-14-68-24-34)54(56(50)53)52-42(86-32-8-4-12-66-22-32)16-36(60(73)80)49(35)55(51)52/h3-18,21-26,39-40,45-48,75-76H,19-20,27-28H2,1-2H3,(H,69,77,83)(H,70,78,84)/t39-,40+,45+,46-,47+,48-. The Kier molecular flexibility index (Phi) is 13.0. The van der Waals surface area contributed by atoms with Gasteiger partial charge in [-0.2, -0.15) is 0 Å². The van der Waals surface area contributed by atoms with E-state index in [1.54, 1.807) is 48.5 Å². The Bertz CT molecular complexity index is 4570. The third-order valence-electron chi connectivity index (χ3n) is 16.6. The van der Waals surface area contributed by atoms with Crippen LogP contribution < -0.4 is 41.4 Å². The fourth-order valence-electron chi connectivity index (χ4n) is 12.5. The second-order valence-electron chi connectivity index (χ2n) is 22.1. The van der Waals surface area contributed by atoms with Gasteiger partial charge >= 0.3 is 11.4 Å². The topological polar surface area (TPSA) is 332 Å². The van der Waals surface area contributed by atoms with E-state index in [0.717, 1.165) is 18.9 Å². The molecule has 15 rings (SSSR count). The maximum atomic E-state index is 15.6. The van der Waals surface area contributed by atoms with E-state index in [-0.39, 0.29) is 135 Å². The number of nitrogens with zero attached hydrogens (tertiary/aromatic N) is 8. The van der Waals surface area contributed by atoms with E-state index in [0.29, 0.717) is 0 Å². The first kappa shape index (κ1) is 55.3. The van der Waals surface area contributed by atoms with Crippen LogP contribution in [0.3, 0.4) is 0 Å². The summed E-state index contributed by atoms with van der Waals surface area (Å²) in [4.78, 5) is 137. The number of hydrogen-bond acceptors (Lipinski definition) is 20. The summed E-state index contributed by atoms with van der Waals surface area (Å²) < 4.78 is 42.3. The molecule has 0 saturated carbocycles. The van der Waals surface area contributed by atoms with Crippen LogP contribution >= 0.6 is 0 Å². The highest BCUT2D eigenvalue weighted by molar-refractivity contribution is 6.44. The first-order chi connectivity index (χ1) is 43.6. The minimum absolute atomic E-state index is 0.0187. The smallest absolute Gasteiger partial charge is 0.330 e. The van der Waals surface area contributed by atoms with E-state index in [1.165, 1.54) is 100 Å². The number of pyridine rings is 4. The molecule has 26 nitrogen and oxygen atoms in total. The summed E-state index contributed by atoms with van der Waals surface area (Å²) in [6, 6.07) is 18.9. The average molecular weight is 1210 g/mol. The second kappa shape index (κ2) is 21.2. The Hall–Kier alpha value is -11.3. The van der Waals surface area contributed by atoms with Crippen molar-refractivity contribution in [3.05, 3.63) is 210 Å². The monoisotopic (exact) mass is 1210 g/mol. The van der Waals surface area contributed by atoms with Crippen LogP contribution in [0.4, 0.5) is 0 Å². The lowest BCUT2D eigenvalue weighted by atomic mass is 9.80. The predicted molar refractivity (Wildman–Crippen MR) is 317 cm³/mol. The molecule has 11 aromatic rings. The zero-order valence-corrected chi connectivity index (χ0v) is 47.2. The van der Waals surface area contributed by atoms with Crippen molar-refractivity contribution in [1.29, 1.82) is 0 Å². The molecule has 0 aliphatic carbocycles. The lowest BCUT2D eigenvalue weighted by Crippen LogP contribution is -2.46. The van der Waals surface area contributed by atoms with Gasteiger partial charge in [0.2, 0.25) is 0 Å². The molecule has 448 valence electrons. The van der Waals surface area contributed by atoms with Gasteiger partial charge in [0.1, 0.15) is 70.7 Å². The summed E-state index contributed by atoms with van der Waals surface area (Å²) in [5, 5.41) is 24.5. The van der Waals surface area contributed by atoms with Crippen molar-refractivity contribution in [3.63, 3.8) is 0 Å². The highest BCUT2D eigenvalue weighted by Crippen LogP contribution is 2.58. The molecule has 0 bridgehead atoms. The van der Waals surface area contributed by atoms with E-state index < -0.39 is 96.1 Å². The number of imide groups is 2. The van der Waals surface area contributed by atoms with E-state index in [4.69, 9.17) is 28.4 Å². The van der Waals surface area contributed by atoms with Crippen molar-refractivity contribution in [2.24, 2.45) is 0 Å². The quantitative estimate of drug-likeness (QED) is 0.0500. The molecule has 0 unspecified atom stereocenters. The third-order valence-corrected chi connectivity index (χ3v) is 16.6. The zero-order valence-electron chi connectivity index (χ0n) is 47.2. The SMILES string of the molecule is Cc1cn([C@@H]2C[C@@H](O)[C@H](CN3C(=O)c4cc(Oc5cccnc5)c5c6c(Oc7cccnc7)cc7c8c(cc(Oc9cccnc9)c(c9c(Oc%10cccnc%10)cc(c4c59)C3=O)c86)C(=O)N(C[C@H]3O[C@@H](n4cc(C)c(=O)[nH]c4=O)C[C@@H]3O)C7=O)O2)c(=O)[nH]c1=O. The van der Waals surface area contributed by atoms with Crippen LogP contribution in [0.2, 0.25) is 0 Å². The van der Waals surface area contributed by atoms with Crippen molar-refractivity contribution in [3.8, 4) is 46.0 Å². The molecular formula is C64H46N10O16. The van der Waals surface area contributed by atoms with Gasteiger partial charge in [-0.05, 0) is 86.6 Å². The van der Waals surface area contributed by atoms with E-state index in [1.807, 2.05) is 0 Å². The number of benzene rings is 5. The van der Waals surface area contributed by atoms with Crippen LogP contribution in [0.1, 0.15) is 77.9 Å². The normalized spacial score (nSPS) is 19.7. The van der Waals surface area contributed by atoms with Crippen LogP contribution in [0.5, 0.6) is 46.0 Å². The van der Waals surface area contributed by atoms with E-state index in [2.05, 4.69) is 29.9 Å². The summed E-state index contributed by atoms with van der Waals surface area (Å²) in [6.45, 7) is 1.97. The largest absolute Gasteiger partial charge is 0.455 e. The Morgan fingerprint density at radius 3 is 1.03 bits per heavy atom. The maximum absolute atomic E-state index is 15.6. The molecule has 2 fully saturated rings. The number of carbonyl (C=O) groups is 4. The summed E-state index contributed by atoms with van der Waals surface area (Å²) in [5.74, 6) is -2.69. The second-order valence-corrected chi connectivity index (χ2v) is 22.1. The van der Waals surface area contributed by atoms with Crippen molar-refractivity contribution in [2.75, 3.05) is 13.1 Å². The first-order valence-electron chi connectivity index (χ1n) is 28.3.